The smallest absolute Gasteiger partial charge is 0.291 e. The van der Waals surface area contributed by atoms with E-state index in [-0.39, 0.29) is 5.75 Å². The van der Waals surface area contributed by atoms with Gasteiger partial charge in [0.05, 0.1) is 13.1 Å². The van der Waals surface area contributed by atoms with E-state index in [1.807, 2.05) is 24.3 Å². The normalized spacial score (nSPS) is 12.4. The number of hydrogen-bond acceptors (Lipinski definition) is 6. The Morgan fingerprint density at radius 2 is 2.00 bits per heavy atom. The van der Waals surface area contributed by atoms with Crippen LogP contribution in [0.1, 0.15) is 5.56 Å². The van der Waals surface area contributed by atoms with E-state index in [1.165, 1.54) is 5.56 Å². The summed E-state index contributed by atoms with van der Waals surface area (Å²) in [5, 5.41) is 26.7. The number of amidine groups is 1. The Labute approximate surface area is 145 Å². The molecule has 0 aliphatic carbocycles. The summed E-state index contributed by atoms with van der Waals surface area (Å²) in [6.07, 6.45) is 0. The minimum absolute atomic E-state index is 0.271. The van der Waals surface area contributed by atoms with Crippen LogP contribution in [0.25, 0.3) is 0 Å². The Hall–Kier alpha value is -3.29. The van der Waals surface area contributed by atoms with Gasteiger partial charge in [-0.05, 0) is 30.7 Å². The maximum atomic E-state index is 9.77. The van der Waals surface area contributed by atoms with Gasteiger partial charge in [-0.15, -0.1) is 10.1 Å². The summed E-state index contributed by atoms with van der Waals surface area (Å²) in [6.45, 7) is 4.50. The van der Waals surface area contributed by atoms with Gasteiger partial charge in [0.25, 0.3) is 5.09 Å². The summed E-state index contributed by atoms with van der Waals surface area (Å²) < 4.78 is 0. The van der Waals surface area contributed by atoms with Crippen LogP contribution in [0, 0.1) is 17.0 Å². The number of nitrogens with one attached hydrogen (secondary N) is 1. The number of benzene rings is 2. The topological polar surface area (TPSA) is 111 Å². The van der Waals surface area contributed by atoms with Crippen molar-refractivity contribution in [1.29, 1.82) is 0 Å². The number of aryl methyl sites for hydroxylation is 1. The number of rotatable bonds is 4. The fourth-order valence-corrected chi connectivity index (χ4v) is 2.55. The molecule has 0 spiro atoms. The Balaban J connectivity index is 0.000000511. The molecule has 0 aromatic heterocycles. The van der Waals surface area contributed by atoms with Gasteiger partial charge >= 0.3 is 0 Å². The Morgan fingerprint density at radius 3 is 2.60 bits per heavy atom. The predicted molar refractivity (Wildman–Crippen MR) is 95.4 cm³/mol. The molecule has 0 unspecified atom stereocenters. The largest absolute Gasteiger partial charge is 0.508 e. The maximum absolute atomic E-state index is 9.77. The Morgan fingerprint density at radius 1 is 1.28 bits per heavy atom. The molecule has 0 saturated heterocycles. The van der Waals surface area contributed by atoms with Crippen molar-refractivity contribution in [2.75, 3.05) is 24.5 Å². The van der Waals surface area contributed by atoms with Crippen molar-refractivity contribution in [3.8, 4) is 5.75 Å². The third-order valence-corrected chi connectivity index (χ3v) is 3.60. The van der Waals surface area contributed by atoms with Crippen molar-refractivity contribution in [2.45, 2.75) is 6.92 Å². The van der Waals surface area contributed by atoms with Gasteiger partial charge in [-0.2, -0.15) is 0 Å². The lowest BCUT2D eigenvalue weighted by atomic mass is 10.1. The molecule has 8 nitrogen and oxygen atoms in total. The lowest BCUT2D eigenvalue weighted by Crippen LogP contribution is -2.32. The average molecular weight is 344 g/mol. The highest BCUT2D eigenvalue weighted by atomic mass is 16.9. The fraction of sp³-hybridized carbons (Fsp3) is 0.235. The standard InChI is InChI=1S/C17H19N3O.HNO3/c1-13-5-2-3-8-16(13)20(12-17-18-9-10-19-17)14-6-4-7-15(21)11-14;2-1(3)4/h2-8,11,21H,9-10,12H2,1H3,(H,18,19);(H,2,3,4). The summed E-state index contributed by atoms with van der Waals surface area (Å²) in [4.78, 5) is 15.0. The highest BCUT2D eigenvalue weighted by Gasteiger charge is 2.16. The summed E-state index contributed by atoms with van der Waals surface area (Å²) in [7, 11) is 0. The van der Waals surface area contributed by atoms with E-state index in [1.54, 1.807) is 12.1 Å². The molecule has 0 saturated carbocycles. The van der Waals surface area contributed by atoms with Gasteiger partial charge < -0.3 is 20.5 Å². The average Bonchev–Trinajstić information content (AvgIpc) is 3.06. The van der Waals surface area contributed by atoms with Gasteiger partial charge in [-0.3, -0.25) is 4.99 Å². The third kappa shape index (κ3) is 5.38. The number of phenolic OH excluding ortho intramolecular Hbond substituents is 1. The van der Waals surface area contributed by atoms with E-state index >= 15 is 0 Å². The van der Waals surface area contributed by atoms with Crippen LogP contribution in [0.2, 0.25) is 0 Å². The summed E-state index contributed by atoms with van der Waals surface area (Å²) in [5.41, 5.74) is 3.28. The second-order valence-corrected chi connectivity index (χ2v) is 5.39. The van der Waals surface area contributed by atoms with E-state index in [0.717, 1.165) is 30.3 Å². The van der Waals surface area contributed by atoms with Crippen LogP contribution < -0.4 is 10.2 Å². The van der Waals surface area contributed by atoms with Crippen molar-refractivity contribution in [2.24, 2.45) is 4.99 Å². The molecule has 0 bridgehead atoms. The summed E-state index contributed by atoms with van der Waals surface area (Å²) in [5.74, 6) is 1.26. The van der Waals surface area contributed by atoms with Gasteiger partial charge in [0.15, 0.2) is 0 Å². The molecule has 3 N–H and O–H groups in total. The SMILES string of the molecule is Cc1ccccc1N(CC1=NCCN1)c1cccc(O)c1.O=[N+]([O-])O. The lowest BCUT2D eigenvalue weighted by Gasteiger charge is -2.26. The van der Waals surface area contributed by atoms with Gasteiger partial charge in [-0.1, -0.05) is 24.3 Å². The minimum atomic E-state index is -1.50. The van der Waals surface area contributed by atoms with E-state index in [0.29, 0.717) is 6.54 Å². The summed E-state index contributed by atoms with van der Waals surface area (Å²) in [6, 6.07) is 15.6. The number of para-hydroxylation sites is 1. The number of anilines is 2. The Bertz CT molecular complexity index is 760. The van der Waals surface area contributed by atoms with Gasteiger partial charge in [0.1, 0.15) is 11.6 Å². The molecule has 1 aliphatic heterocycles. The van der Waals surface area contributed by atoms with Crippen LogP contribution in [-0.2, 0) is 0 Å². The van der Waals surface area contributed by atoms with Crippen LogP contribution in [0.4, 0.5) is 11.4 Å². The molecule has 0 fully saturated rings. The molecule has 0 amide bonds. The first kappa shape index (κ1) is 18.1. The van der Waals surface area contributed by atoms with Gasteiger partial charge in [-0.25, -0.2) is 0 Å². The molecule has 1 heterocycles. The zero-order chi connectivity index (χ0) is 18.2. The van der Waals surface area contributed by atoms with Gasteiger partial charge in [0, 0.05) is 24.0 Å². The summed E-state index contributed by atoms with van der Waals surface area (Å²) >= 11 is 0. The van der Waals surface area contributed by atoms with Crippen molar-refractivity contribution < 1.29 is 15.4 Å². The first-order valence-corrected chi connectivity index (χ1v) is 7.70. The highest BCUT2D eigenvalue weighted by Crippen LogP contribution is 2.30. The van der Waals surface area contributed by atoms with E-state index in [9.17, 15) is 5.11 Å². The minimum Gasteiger partial charge on any atom is -0.508 e. The van der Waals surface area contributed by atoms with Crippen molar-refractivity contribution in [1.82, 2.24) is 5.32 Å². The van der Waals surface area contributed by atoms with Crippen LogP contribution in [0.5, 0.6) is 5.75 Å². The second-order valence-electron chi connectivity index (χ2n) is 5.39. The van der Waals surface area contributed by atoms with Crippen molar-refractivity contribution >= 4 is 17.2 Å². The fourth-order valence-electron chi connectivity index (χ4n) is 2.55. The number of aromatic hydroxyl groups is 1. The van der Waals surface area contributed by atoms with Crippen LogP contribution in [-0.4, -0.2) is 40.9 Å². The monoisotopic (exact) mass is 344 g/mol. The molecular formula is C17H20N4O4. The van der Waals surface area contributed by atoms with Crippen LogP contribution >= 0.6 is 0 Å². The zero-order valence-electron chi connectivity index (χ0n) is 13.8. The first-order chi connectivity index (χ1) is 12.0. The zero-order valence-corrected chi connectivity index (χ0v) is 13.8. The van der Waals surface area contributed by atoms with Crippen molar-refractivity contribution in [3.05, 3.63) is 64.2 Å². The number of aliphatic imine (C=N–C) groups is 1. The molecule has 2 aromatic rings. The first-order valence-electron chi connectivity index (χ1n) is 7.70. The van der Waals surface area contributed by atoms with Crippen LogP contribution in [0.3, 0.4) is 0 Å². The number of hydrogen-bond donors (Lipinski definition) is 3. The molecule has 3 rings (SSSR count). The lowest BCUT2D eigenvalue weighted by molar-refractivity contribution is -0.742. The van der Waals surface area contributed by atoms with Crippen molar-refractivity contribution in [3.63, 3.8) is 0 Å². The molecular weight excluding hydrogens is 324 g/mol. The molecule has 132 valence electrons. The molecule has 25 heavy (non-hydrogen) atoms. The molecule has 1 aliphatic rings. The Kier molecular flexibility index (Phi) is 6.16. The quantitative estimate of drug-likeness (QED) is 0.580. The number of phenols is 1. The molecule has 8 heteroatoms. The van der Waals surface area contributed by atoms with E-state index in [2.05, 4.69) is 34.3 Å². The molecule has 2 aromatic carbocycles. The number of nitrogens with zero attached hydrogens (tertiary/aromatic N) is 3. The maximum Gasteiger partial charge on any atom is 0.291 e. The van der Waals surface area contributed by atoms with E-state index < -0.39 is 5.09 Å². The van der Waals surface area contributed by atoms with Crippen LogP contribution in [0.15, 0.2) is 53.5 Å². The highest BCUT2D eigenvalue weighted by molar-refractivity contribution is 5.90. The molecule has 0 atom stereocenters. The predicted octanol–water partition coefficient (Wildman–Crippen LogP) is 2.49. The van der Waals surface area contributed by atoms with E-state index in [4.69, 9.17) is 15.3 Å². The third-order valence-electron chi connectivity index (χ3n) is 3.60. The second kappa shape index (κ2) is 8.53. The molecule has 0 radical (unpaired) electrons. The van der Waals surface area contributed by atoms with Gasteiger partial charge in [0.2, 0.25) is 0 Å².